The molecule has 2 rings (SSSR count). The van der Waals surface area contributed by atoms with Crippen LogP contribution in [0.5, 0.6) is 0 Å². The maximum atomic E-state index is 11.9. The van der Waals surface area contributed by atoms with E-state index in [1.807, 2.05) is 30.3 Å². The summed E-state index contributed by atoms with van der Waals surface area (Å²) in [5, 5.41) is 9.19. The van der Waals surface area contributed by atoms with Crippen LogP contribution in [0.4, 0.5) is 4.79 Å². The Balaban J connectivity index is 1.92. The quantitative estimate of drug-likeness (QED) is 0.633. The molecule has 7 nitrogen and oxygen atoms in total. The van der Waals surface area contributed by atoms with Crippen LogP contribution in [0.1, 0.15) is 12.0 Å². The molecule has 0 aromatic heterocycles. The highest BCUT2D eigenvalue weighted by molar-refractivity contribution is 5.81. The number of rotatable bonds is 6. The van der Waals surface area contributed by atoms with Gasteiger partial charge in [-0.3, -0.25) is 4.90 Å². The van der Waals surface area contributed by atoms with Crippen LogP contribution in [-0.4, -0.2) is 54.7 Å². The molecule has 1 fully saturated rings. The van der Waals surface area contributed by atoms with Crippen molar-refractivity contribution in [1.82, 2.24) is 4.90 Å². The summed E-state index contributed by atoms with van der Waals surface area (Å²) >= 11 is 0. The van der Waals surface area contributed by atoms with Gasteiger partial charge in [0.2, 0.25) is 0 Å². The number of carbonyl (C=O) groups excluding carboxylic acids is 1. The van der Waals surface area contributed by atoms with Crippen LogP contribution in [0.15, 0.2) is 30.3 Å². The number of carbonyl (C=O) groups is 2. The highest BCUT2D eigenvalue weighted by Gasteiger charge is 2.41. The van der Waals surface area contributed by atoms with Gasteiger partial charge in [-0.05, 0) is 5.56 Å². The number of esters is 1. The van der Waals surface area contributed by atoms with E-state index in [1.54, 1.807) is 0 Å². The fourth-order valence-electron chi connectivity index (χ4n) is 2.35. The lowest BCUT2D eigenvalue weighted by molar-refractivity contribution is -0.158. The molecule has 0 unspecified atom stereocenters. The molecule has 1 aliphatic rings. The van der Waals surface area contributed by atoms with Crippen molar-refractivity contribution in [3.8, 4) is 0 Å². The van der Waals surface area contributed by atoms with E-state index in [4.69, 9.17) is 9.47 Å². The van der Waals surface area contributed by atoms with Crippen LogP contribution in [0.3, 0.4) is 0 Å². The molecule has 1 heterocycles. The molecular formula is C15H19NO6. The predicted molar refractivity (Wildman–Crippen MR) is 76.1 cm³/mol. The van der Waals surface area contributed by atoms with Crippen molar-refractivity contribution in [3.63, 3.8) is 0 Å². The van der Waals surface area contributed by atoms with Crippen LogP contribution in [0.2, 0.25) is 0 Å². The summed E-state index contributed by atoms with van der Waals surface area (Å²) < 4.78 is 15.2. The van der Waals surface area contributed by atoms with Crippen LogP contribution in [0.25, 0.3) is 0 Å². The number of benzene rings is 1. The number of amides is 1. The van der Waals surface area contributed by atoms with Crippen molar-refractivity contribution >= 4 is 12.1 Å². The lowest BCUT2D eigenvalue weighted by Crippen LogP contribution is -2.40. The fourth-order valence-corrected chi connectivity index (χ4v) is 2.35. The standard InChI is InChI=1S/C15H19NO6/c1-20-10-22-14(17)13-7-12(8-16(13)15(18)19)21-9-11-5-3-2-4-6-11/h2-6,12-13H,7-10H2,1H3,(H,18,19)/t12-,13+/m0/s1. The zero-order valence-corrected chi connectivity index (χ0v) is 12.3. The van der Waals surface area contributed by atoms with E-state index in [2.05, 4.69) is 4.74 Å². The van der Waals surface area contributed by atoms with E-state index in [9.17, 15) is 14.7 Å². The number of likely N-dealkylation sites (tertiary alicyclic amines) is 1. The van der Waals surface area contributed by atoms with Gasteiger partial charge in [-0.25, -0.2) is 9.59 Å². The SMILES string of the molecule is COCOC(=O)[C@H]1C[C@H](OCc2ccccc2)CN1C(=O)O. The van der Waals surface area contributed by atoms with Crippen LogP contribution < -0.4 is 0 Å². The first kappa shape index (κ1) is 16.3. The summed E-state index contributed by atoms with van der Waals surface area (Å²) in [6, 6.07) is 8.72. The van der Waals surface area contributed by atoms with Gasteiger partial charge in [0.05, 0.1) is 19.3 Å². The number of carboxylic acid groups (broad SMARTS) is 1. The Kier molecular flexibility index (Phi) is 5.74. The van der Waals surface area contributed by atoms with Gasteiger partial charge < -0.3 is 19.3 Å². The van der Waals surface area contributed by atoms with E-state index in [1.165, 1.54) is 7.11 Å². The lowest BCUT2D eigenvalue weighted by atomic mass is 10.2. The van der Waals surface area contributed by atoms with E-state index >= 15 is 0 Å². The molecule has 7 heteroatoms. The summed E-state index contributed by atoms with van der Waals surface area (Å²) in [6.07, 6.45) is -1.22. The lowest BCUT2D eigenvalue weighted by Gasteiger charge is -2.19. The topological polar surface area (TPSA) is 85.3 Å². The largest absolute Gasteiger partial charge is 0.465 e. The number of ether oxygens (including phenoxy) is 3. The van der Waals surface area contributed by atoms with Crippen LogP contribution >= 0.6 is 0 Å². The third kappa shape index (κ3) is 4.19. The van der Waals surface area contributed by atoms with Gasteiger partial charge in [0, 0.05) is 13.5 Å². The minimum atomic E-state index is -1.16. The van der Waals surface area contributed by atoms with Gasteiger partial charge in [-0.1, -0.05) is 30.3 Å². The second kappa shape index (κ2) is 7.77. The minimum absolute atomic E-state index is 0.148. The first-order valence-corrected chi connectivity index (χ1v) is 6.92. The smallest absolute Gasteiger partial charge is 0.408 e. The molecule has 2 atom stereocenters. The van der Waals surface area contributed by atoms with Gasteiger partial charge in [-0.2, -0.15) is 0 Å². The summed E-state index contributed by atoms with van der Waals surface area (Å²) in [5.74, 6) is -0.616. The maximum absolute atomic E-state index is 11.9. The molecule has 1 aromatic carbocycles. The predicted octanol–water partition coefficient (Wildman–Crippen LogP) is 1.47. The van der Waals surface area contributed by atoms with Crippen molar-refractivity contribution in [1.29, 1.82) is 0 Å². The molecule has 0 aliphatic carbocycles. The van der Waals surface area contributed by atoms with E-state index in [-0.39, 0.29) is 25.9 Å². The van der Waals surface area contributed by atoms with Crippen molar-refractivity contribution in [2.24, 2.45) is 0 Å². The number of hydrogen-bond acceptors (Lipinski definition) is 5. The maximum Gasteiger partial charge on any atom is 0.408 e. The van der Waals surface area contributed by atoms with Crippen molar-refractivity contribution in [2.75, 3.05) is 20.4 Å². The number of hydrogen-bond donors (Lipinski definition) is 1. The summed E-state index contributed by atoms with van der Waals surface area (Å²) in [4.78, 5) is 24.2. The Morgan fingerprint density at radius 1 is 1.32 bits per heavy atom. The van der Waals surface area contributed by atoms with Gasteiger partial charge in [0.1, 0.15) is 6.04 Å². The van der Waals surface area contributed by atoms with E-state index < -0.39 is 18.1 Å². The molecule has 1 amide bonds. The molecule has 1 N–H and O–H groups in total. The number of nitrogens with zero attached hydrogens (tertiary/aromatic N) is 1. The third-order valence-corrected chi connectivity index (χ3v) is 3.43. The molecule has 1 saturated heterocycles. The monoisotopic (exact) mass is 309 g/mol. The second-order valence-electron chi connectivity index (χ2n) is 4.97. The zero-order valence-electron chi connectivity index (χ0n) is 12.3. The van der Waals surface area contributed by atoms with Crippen molar-refractivity contribution in [2.45, 2.75) is 25.2 Å². The Morgan fingerprint density at radius 2 is 2.05 bits per heavy atom. The molecule has 1 aromatic rings. The third-order valence-electron chi connectivity index (χ3n) is 3.43. The first-order valence-electron chi connectivity index (χ1n) is 6.92. The molecular weight excluding hydrogens is 290 g/mol. The molecule has 0 bridgehead atoms. The fraction of sp³-hybridized carbons (Fsp3) is 0.467. The molecule has 0 radical (unpaired) electrons. The Morgan fingerprint density at radius 3 is 2.68 bits per heavy atom. The van der Waals surface area contributed by atoms with Gasteiger partial charge in [0.15, 0.2) is 6.79 Å². The normalized spacial score (nSPS) is 20.9. The van der Waals surface area contributed by atoms with E-state index in [0.717, 1.165) is 10.5 Å². The molecule has 0 saturated carbocycles. The molecule has 120 valence electrons. The zero-order chi connectivity index (χ0) is 15.9. The average Bonchev–Trinajstić information content (AvgIpc) is 2.96. The Labute approximate surface area is 128 Å². The minimum Gasteiger partial charge on any atom is -0.465 e. The highest BCUT2D eigenvalue weighted by Crippen LogP contribution is 2.22. The molecule has 1 aliphatic heterocycles. The van der Waals surface area contributed by atoms with Crippen LogP contribution in [-0.2, 0) is 25.6 Å². The highest BCUT2D eigenvalue weighted by atomic mass is 16.7. The summed E-state index contributed by atoms with van der Waals surface area (Å²) in [6.45, 7) is 0.325. The summed E-state index contributed by atoms with van der Waals surface area (Å²) in [7, 11) is 1.39. The first-order chi connectivity index (χ1) is 10.6. The van der Waals surface area contributed by atoms with Gasteiger partial charge in [0.25, 0.3) is 0 Å². The molecule has 22 heavy (non-hydrogen) atoms. The van der Waals surface area contributed by atoms with Crippen molar-refractivity contribution in [3.05, 3.63) is 35.9 Å². The van der Waals surface area contributed by atoms with E-state index in [0.29, 0.717) is 6.61 Å². The average molecular weight is 309 g/mol. The Bertz CT molecular complexity index is 506. The van der Waals surface area contributed by atoms with Crippen LogP contribution in [0, 0.1) is 0 Å². The summed E-state index contributed by atoms with van der Waals surface area (Å²) in [5.41, 5.74) is 0.995. The Hall–Kier alpha value is -2.12. The van der Waals surface area contributed by atoms with Crippen molar-refractivity contribution < 1.29 is 28.9 Å². The number of methoxy groups -OCH3 is 1. The van der Waals surface area contributed by atoms with Gasteiger partial charge in [-0.15, -0.1) is 0 Å². The van der Waals surface area contributed by atoms with Gasteiger partial charge >= 0.3 is 12.1 Å². The second-order valence-corrected chi connectivity index (χ2v) is 4.97. The molecule has 0 spiro atoms.